The fourth-order valence-corrected chi connectivity index (χ4v) is 4.34. The molecule has 4 rings (SSSR count). The number of hydrazine groups is 1. The highest BCUT2D eigenvalue weighted by molar-refractivity contribution is 6.04. The van der Waals surface area contributed by atoms with E-state index in [-0.39, 0.29) is 5.69 Å². The van der Waals surface area contributed by atoms with Gasteiger partial charge in [0.2, 0.25) is 0 Å². The fraction of sp³-hybridized carbons (Fsp3) is 0.391. The molecule has 2 aromatic heterocycles. The first-order valence-electron chi connectivity index (χ1n) is 10.3. The Morgan fingerprint density at radius 3 is 2.77 bits per heavy atom. The summed E-state index contributed by atoms with van der Waals surface area (Å²) >= 11 is 0. The minimum atomic E-state index is -0.0583. The molecule has 0 aliphatic carbocycles. The molecule has 3 heterocycles. The lowest BCUT2D eigenvalue weighted by atomic mass is 10.1. The summed E-state index contributed by atoms with van der Waals surface area (Å²) < 4.78 is 8.90. The largest absolute Gasteiger partial charge is 0.383 e. The molecule has 7 heteroatoms. The number of imidazole rings is 1. The van der Waals surface area contributed by atoms with Crippen LogP contribution in [0.4, 0.5) is 0 Å². The van der Waals surface area contributed by atoms with Gasteiger partial charge in [0.1, 0.15) is 0 Å². The van der Waals surface area contributed by atoms with Crippen LogP contribution in [0.2, 0.25) is 0 Å². The number of pyridine rings is 1. The second-order valence-corrected chi connectivity index (χ2v) is 7.85. The summed E-state index contributed by atoms with van der Waals surface area (Å²) in [5, 5.41) is 5.32. The van der Waals surface area contributed by atoms with Crippen molar-refractivity contribution >= 4 is 27.6 Å². The fourth-order valence-electron chi connectivity index (χ4n) is 4.34. The topological polar surface area (TPSA) is 55.5 Å². The molecule has 0 spiro atoms. The molecule has 1 aromatic carbocycles. The lowest BCUT2D eigenvalue weighted by molar-refractivity contribution is 0.0462. The van der Waals surface area contributed by atoms with Crippen LogP contribution in [0.1, 0.15) is 25.8 Å². The number of rotatable bonds is 6. The van der Waals surface area contributed by atoms with E-state index in [0.29, 0.717) is 19.7 Å². The molecule has 0 bridgehead atoms. The molecular formula is C23H29N5O2. The van der Waals surface area contributed by atoms with Crippen molar-refractivity contribution in [1.82, 2.24) is 24.1 Å². The molecule has 0 saturated carbocycles. The number of aryl methyl sites for hydroxylation is 2. The molecule has 0 unspecified atom stereocenters. The summed E-state index contributed by atoms with van der Waals surface area (Å²) in [4.78, 5) is 18.0. The summed E-state index contributed by atoms with van der Waals surface area (Å²) in [6, 6.07) is 6.18. The molecule has 0 atom stereocenters. The molecule has 158 valence electrons. The first-order valence-corrected chi connectivity index (χ1v) is 10.3. The lowest BCUT2D eigenvalue weighted by Gasteiger charge is -2.33. The van der Waals surface area contributed by atoms with Crippen molar-refractivity contribution in [1.29, 1.82) is 0 Å². The number of aromatic nitrogens is 3. The van der Waals surface area contributed by atoms with Crippen molar-refractivity contribution in [2.45, 2.75) is 27.2 Å². The van der Waals surface area contributed by atoms with Crippen LogP contribution in [0, 0.1) is 6.92 Å². The first kappa shape index (κ1) is 20.2. The maximum absolute atomic E-state index is 13.4. The van der Waals surface area contributed by atoms with E-state index >= 15 is 0 Å². The first-order chi connectivity index (χ1) is 14.4. The second kappa shape index (κ2) is 7.65. The number of fused-ring (bicyclic) bond motifs is 3. The lowest BCUT2D eigenvalue weighted by Crippen LogP contribution is -2.38. The van der Waals surface area contributed by atoms with Gasteiger partial charge in [-0.25, -0.2) is 4.79 Å². The van der Waals surface area contributed by atoms with Gasteiger partial charge in [0.15, 0.2) is 0 Å². The van der Waals surface area contributed by atoms with Crippen molar-refractivity contribution in [2.24, 2.45) is 7.05 Å². The van der Waals surface area contributed by atoms with Gasteiger partial charge in [-0.15, -0.1) is 0 Å². The van der Waals surface area contributed by atoms with E-state index in [4.69, 9.17) is 4.74 Å². The minimum Gasteiger partial charge on any atom is -0.383 e. The molecule has 7 nitrogen and oxygen atoms in total. The van der Waals surface area contributed by atoms with Crippen molar-refractivity contribution < 1.29 is 4.74 Å². The Labute approximate surface area is 176 Å². The van der Waals surface area contributed by atoms with Gasteiger partial charge in [0.05, 0.1) is 53.8 Å². The van der Waals surface area contributed by atoms with E-state index in [1.807, 2.05) is 30.7 Å². The molecule has 0 fully saturated rings. The number of nitrogens with zero attached hydrogens (tertiary/aromatic N) is 5. The van der Waals surface area contributed by atoms with Crippen LogP contribution in [-0.2, 0) is 11.8 Å². The standard InChI is InChI=1S/C23H29N5O2/c1-7-19-21(14-27(15(2)3)26(19)10-11-30-6)28-22-17-12-16(4)8-9-18(17)24-13-20(22)25(5)23(28)29/h8-9,12-13H,2,7,10-11,14H2,1,3-6H3. The Morgan fingerprint density at radius 2 is 2.10 bits per heavy atom. The van der Waals surface area contributed by atoms with Gasteiger partial charge in [-0.2, -0.15) is 0 Å². The van der Waals surface area contributed by atoms with Gasteiger partial charge in [0, 0.05) is 25.2 Å². The second-order valence-electron chi connectivity index (χ2n) is 7.85. The summed E-state index contributed by atoms with van der Waals surface area (Å²) in [6.45, 7) is 12.2. The van der Waals surface area contributed by atoms with E-state index in [0.717, 1.165) is 51.0 Å². The monoisotopic (exact) mass is 407 g/mol. The van der Waals surface area contributed by atoms with Gasteiger partial charge in [-0.05, 0) is 32.4 Å². The van der Waals surface area contributed by atoms with Gasteiger partial charge in [0.25, 0.3) is 0 Å². The number of benzene rings is 1. The van der Waals surface area contributed by atoms with E-state index in [1.54, 1.807) is 17.9 Å². The zero-order chi connectivity index (χ0) is 21.6. The average molecular weight is 408 g/mol. The summed E-state index contributed by atoms with van der Waals surface area (Å²) in [5.41, 5.74) is 6.74. The third-order valence-electron chi connectivity index (χ3n) is 5.83. The van der Waals surface area contributed by atoms with Crippen LogP contribution in [0.25, 0.3) is 27.6 Å². The van der Waals surface area contributed by atoms with Gasteiger partial charge < -0.3 is 4.74 Å². The number of hydrogen-bond donors (Lipinski definition) is 0. The van der Waals surface area contributed by atoms with Crippen LogP contribution >= 0.6 is 0 Å². The third-order valence-corrected chi connectivity index (χ3v) is 5.83. The predicted molar refractivity (Wildman–Crippen MR) is 121 cm³/mol. The number of hydrogen-bond acceptors (Lipinski definition) is 5. The predicted octanol–water partition coefficient (Wildman–Crippen LogP) is 3.49. The van der Waals surface area contributed by atoms with Crippen LogP contribution in [0.5, 0.6) is 0 Å². The van der Waals surface area contributed by atoms with E-state index < -0.39 is 0 Å². The molecule has 0 saturated heterocycles. The Hall–Kier alpha value is -3.06. The highest BCUT2D eigenvalue weighted by atomic mass is 16.5. The average Bonchev–Trinajstić information content (AvgIpc) is 3.21. The summed E-state index contributed by atoms with van der Waals surface area (Å²) in [5.74, 6) is 0. The van der Waals surface area contributed by atoms with Crippen molar-refractivity contribution in [3.8, 4) is 0 Å². The highest BCUT2D eigenvalue weighted by Crippen LogP contribution is 2.34. The normalized spacial score (nSPS) is 14.6. The van der Waals surface area contributed by atoms with E-state index in [2.05, 4.69) is 41.5 Å². The summed E-state index contributed by atoms with van der Waals surface area (Å²) in [6.07, 6.45) is 2.60. The van der Waals surface area contributed by atoms with Crippen molar-refractivity contribution in [2.75, 3.05) is 26.8 Å². The minimum absolute atomic E-state index is 0.0583. The Kier molecular flexibility index (Phi) is 5.15. The SMILES string of the molecule is C=C(C)N1CC(n2c(=O)n(C)c3cnc4ccc(C)cc4c32)=C(CC)N1CCOC. The zero-order valence-corrected chi connectivity index (χ0v) is 18.4. The molecular weight excluding hydrogens is 378 g/mol. The molecule has 1 aliphatic heterocycles. The van der Waals surface area contributed by atoms with Gasteiger partial charge in [-0.3, -0.25) is 24.1 Å². The smallest absolute Gasteiger partial charge is 0.333 e. The maximum Gasteiger partial charge on any atom is 0.333 e. The molecule has 0 N–H and O–H groups in total. The van der Waals surface area contributed by atoms with Gasteiger partial charge >= 0.3 is 5.69 Å². The van der Waals surface area contributed by atoms with Crippen molar-refractivity contribution in [3.63, 3.8) is 0 Å². The quantitative estimate of drug-likeness (QED) is 0.626. The molecule has 1 aliphatic rings. The molecule has 0 radical (unpaired) electrons. The van der Waals surface area contributed by atoms with E-state index in [1.165, 1.54) is 0 Å². The van der Waals surface area contributed by atoms with Crippen LogP contribution in [0.15, 0.2) is 47.2 Å². The number of methoxy groups -OCH3 is 1. The number of allylic oxidation sites excluding steroid dienone is 2. The molecule has 0 amide bonds. The Balaban J connectivity index is 2.04. The van der Waals surface area contributed by atoms with Crippen molar-refractivity contribution in [3.05, 3.63) is 58.4 Å². The highest BCUT2D eigenvalue weighted by Gasteiger charge is 2.32. The van der Waals surface area contributed by atoms with Crippen LogP contribution in [0.3, 0.4) is 0 Å². The Morgan fingerprint density at radius 1 is 1.33 bits per heavy atom. The zero-order valence-electron chi connectivity index (χ0n) is 18.4. The molecule has 3 aromatic rings. The Bertz CT molecular complexity index is 1230. The van der Waals surface area contributed by atoms with Crippen LogP contribution < -0.4 is 5.69 Å². The number of ether oxygens (including phenoxy) is 1. The maximum atomic E-state index is 13.4. The van der Waals surface area contributed by atoms with Gasteiger partial charge in [-0.1, -0.05) is 25.1 Å². The molecule has 30 heavy (non-hydrogen) atoms. The van der Waals surface area contributed by atoms with Crippen LogP contribution in [-0.4, -0.2) is 50.9 Å². The summed E-state index contributed by atoms with van der Waals surface area (Å²) in [7, 11) is 3.51. The van der Waals surface area contributed by atoms with E-state index in [9.17, 15) is 4.79 Å². The third kappa shape index (κ3) is 3.01.